The Kier molecular flexibility index (Phi) is 4.40. The summed E-state index contributed by atoms with van der Waals surface area (Å²) in [6.45, 7) is 5.08. The van der Waals surface area contributed by atoms with Gasteiger partial charge in [-0.3, -0.25) is 9.48 Å². The number of ether oxygens (including phenoxy) is 1. The van der Waals surface area contributed by atoms with Crippen LogP contribution in [0.4, 0.5) is 0 Å². The fourth-order valence-corrected chi connectivity index (χ4v) is 3.07. The van der Waals surface area contributed by atoms with Crippen LogP contribution < -0.4 is 0 Å². The van der Waals surface area contributed by atoms with Crippen LogP contribution in [0.25, 0.3) is 0 Å². The van der Waals surface area contributed by atoms with E-state index in [1.807, 2.05) is 17.8 Å². The van der Waals surface area contributed by atoms with Crippen molar-refractivity contribution < 1.29 is 9.53 Å². The molecule has 2 rings (SSSR count). The Hall–Kier alpha value is -1.16. The lowest BCUT2D eigenvalue weighted by Crippen LogP contribution is -2.45. The Labute approximate surface area is 115 Å². The fraction of sp³-hybridized carbons (Fsp3) is 0.733. The Morgan fingerprint density at radius 3 is 3.00 bits per heavy atom. The van der Waals surface area contributed by atoms with Gasteiger partial charge in [-0.15, -0.1) is 0 Å². The normalized spacial score (nSPS) is 27.4. The van der Waals surface area contributed by atoms with Gasteiger partial charge in [0.1, 0.15) is 5.60 Å². The lowest BCUT2D eigenvalue weighted by Gasteiger charge is -2.37. The van der Waals surface area contributed by atoms with Gasteiger partial charge in [0.15, 0.2) is 5.78 Å². The summed E-state index contributed by atoms with van der Waals surface area (Å²) < 4.78 is 7.49. The third-order valence-electron chi connectivity index (χ3n) is 4.23. The first kappa shape index (κ1) is 14.3. The third-order valence-corrected chi connectivity index (χ3v) is 4.23. The molecule has 1 aromatic rings. The van der Waals surface area contributed by atoms with Crippen molar-refractivity contribution >= 4 is 5.78 Å². The van der Waals surface area contributed by atoms with Gasteiger partial charge in [0, 0.05) is 26.3 Å². The van der Waals surface area contributed by atoms with Gasteiger partial charge >= 0.3 is 0 Å². The minimum atomic E-state index is -0.564. The predicted molar refractivity (Wildman–Crippen MR) is 74.0 cm³/mol. The highest BCUT2D eigenvalue weighted by atomic mass is 16.5. The van der Waals surface area contributed by atoms with Crippen molar-refractivity contribution in [3.05, 3.63) is 18.0 Å². The molecule has 0 aliphatic heterocycles. The van der Waals surface area contributed by atoms with Crippen molar-refractivity contribution in [2.75, 3.05) is 7.11 Å². The van der Waals surface area contributed by atoms with Gasteiger partial charge in [0.05, 0.1) is 6.20 Å². The van der Waals surface area contributed by atoms with Crippen LogP contribution in [-0.4, -0.2) is 28.3 Å². The average Bonchev–Trinajstić information content (AvgIpc) is 2.86. The van der Waals surface area contributed by atoms with Gasteiger partial charge in [-0.05, 0) is 37.7 Å². The summed E-state index contributed by atoms with van der Waals surface area (Å²) in [5.41, 5.74) is 0.424. The van der Waals surface area contributed by atoms with Crippen molar-refractivity contribution in [2.24, 2.45) is 5.92 Å². The smallest absolute Gasteiger partial charge is 0.169 e. The molecule has 1 aliphatic rings. The topological polar surface area (TPSA) is 44.1 Å². The molecule has 1 saturated carbocycles. The molecule has 1 aromatic heterocycles. The molecule has 4 nitrogen and oxygen atoms in total. The maximum atomic E-state index is 12.6. The van der Waals surface area contributed by atoms with E-state index in [9.17, 15) is 4.79 Å². The second-order valence-electron chi connectivity index (χ2n) is 5.70. The summed E-state index contributed by atoms with van der Waals surface area (Å²) in [7, 11) is 1.67. The molecule has 1 aliphatic carbocycles. The Morgan fingerprint density at radius 2 is 2.42 bits per heavy atom. The maximum Gasteiger partial charge on any atom is 0.169 e. The van der Waals surface area contributed by atoms with Crippen LogP contribution in [-0.2, 0) is 22.5 Å². The highest BCUT2D eigenvalue weighted by Gasteiger charge is 2.41. The fourth-order valence-electron chi connectivity index (χ4n) is 3.07. The first-order valence-electron chi connectivity index (χ1n) is 7.19. The van der Waals surface area contributed by atoms with E-state index in [1.165, 1.54) is 6.42 Å². The lowest BCUT2D eigenvalue weighted by molar-refractivity contribution is -0.146. The number of carbonyl (C=O) groups is 1. The Morgan fingerprint density at radius 1 is 1.63 bits per heavy atom. The van der Waals surface area contributed by atoms with Crippen LogP contribution in [0.1, 0.15) is 45.1 Å². The van der Waals surface area contributed by atoms with E-state index >= 15 is 0 Å². The van der Waals surface area contributed by atoms with Gasteiger partial charge in [0.2, 0.25) is 0 Å². The van der Waals surface area contributed by atoms with E-state index in [0.29, 0.717) is 12.3 Å². The molecule has 0 aromatic carbocycles. The Bertz CT molecular complexity index is 441. The molecule has 0 N–H and O–H groups in total. The summed E-state index contributed by atoms with van der Waals surface area (Å²) in [6.07, 6.45) is 8.16. The molecule has 0 bridgehead atoms. The number of rotatable bonds is 5. The number of hydrogen-bond donors (Lipinski definition) is 0. The molecule has 0 saturated heterocycles. The average molecular weight is 264 g/mol. The van der Waals surface area contributed by atoms with Gasteiger partial charge in [-0.2, -0.15) is 5.10 Å². The molecule has 1 heterocycles. The molecule has 4 heteroatoms. The van der Waals surface area contributed by atoms with Crippen molar-refractivity contribution in [3.8, 4) is 0 Å². The van der Waals surface area contributed by atoms with E-state index < -0.39 is 5.60 Å². The van der Waals surface area contributed by atoms with Crippen LogP contribution in [0.5, 0.6) is 0 Å². The molecule has 2 atom stereocenters. The highest BCUT2D eigenvalue weighted by Crippen LogP contribution is 2.36. The third kappa shape index (κ3) is 3.06. The number of nitrogens with zero attached hydrogens (tertiary/aromatic N) is 2. The van der Waals surface area contributed by atoms with Gasteiger partial charge < -0.3 is 4.74 Å². The molecule has 106 valence electrons. The summed E-state index contributed by atoms with van der Waals surface area (Å²) in [6, 6.07) is 0. The standard InChI is InChI=1S/C15H24N2O2/c1-4-17-11-13(10-16-17)8-14(18)15(19-3)7-5-6-12(2)9-15/h10-12H,4-9H2,1-3H3. The monoisotopic (exact) mass is 264 g/mol. The van der Waals surface area contributed by atoms with E-state index in [2.05, 4.69) is 12.0 Å². The van der Waals surface area contributed by atoms with Crippen LogP contribution >= 0.6 is 0 Å². The van der Waals surface area contributed by atoms with Crippen LogP contribution in [0.3, 0.4) is 0 Å². The minimum Gasteiger partial charge on any atom is -0.370 e. The predicted octanol–water partition coefficient (Wildman–Crippen LogP) is 2.61. The molecular formula is C15H24N2O2. The van der Waals surface area contributed by atoms with Crippen molar-refractivity contribution in [1.29, 1.82) is 0 Å². The number of Topliss-reactive ketones (excluding diaryl/α,β-unsaturated/α-hetero) is 1. The number of ketones is 1. The number of methoxy groups -OCH3 is 1. The molecule has 0 spiro atoms. The number of aromatic nitrogens is 2. The number of hydrogen-bond acceptors (Lipinski definition) is 3. The quantitative estimate of drug-likeness (QED) is 0.821. The molecular weight excluding hydrogens is 240 g/mol. The van der Waals surface area contributed by atoms with Crippen LogP contribution in [0.15, 0.2) is 12.4 Å². The molecule has 2 unspecified atom stereocenters. The minimum absolute atomic E-state index is 0.206. The number of aryl methyl sites for hydroxylation is 1. The van der Waals surface area contributed by atoms with Crippen LogP contribution in [0.2, 0.25) is 0 Å². The van der Waals surface area contributed by atoms with E-state index in [0.717, 1.165) is 31.4 Å². The van der Waals surface area contributed by atoms with E-state index in [-0.39, 0.29) is 5.78 Å². The van der Waals surface area contributed by atoms with Crippen molar-refractivity contribution in [1.82, 2.24) is 9.78 Å². The van der Waals surface area contributed by atoms with Gasteiger partial charge in [-0.1, -0.05) is 13.3 Å². The van der Waals surface area contributed by atoms with Gasteiger partial charge in [0.25, 0.3) is 0 Å². The zero-order chi connectivity index (χ0) is 13.9. The first-order valence-corrected chi connectivity index (χ1v) is 7.19. The van der Waals surface area contributed by atoms with Gasteiger partial charge in [-0.25, -0.2) is 0 Å². The highest BCUT2D eigenvalue weighted by molar-refractivity contribution is 5.89. The summed E-state index contributed by atoms with van der Waals surface area (Å²) in [4.78, 5) is 12.6. The molecule has 0 radical (unpaired) electrons. The zero-order valence-corrected chi connectivity index (χ0v) is 12.2. The summed E-state index contributed by atoms with van der Waals surface area (Å²) in [5, 5.41) is 4.22. The SMILES string of the molecule is CCn1cc(CC(=O)C2(OC)CCCC(C)C2)cn1. The Balaban J connectivity index is 2.08. The largest absolute Gasteiger partial charge is 0.370 e. The van der Waals surface area contributed by atoms with Crippen molar-refractivity contribution in [3.63, 3.8) is 0 Å². The lowest BCUT2D eigenvalue weighted by atomic mass is 9.75. The molecule has 1 fully saturated rings. The molecule has 0 amide bonds. The maximum absolute atomic E-state index is 12.6. The second kappa shape index (κ2) is 5.87. The van der Waals surface area contributed by atoms with E-state index in [1.54, 1.807) is 13.3 Å². The first-order chi connectivity index (χ1) is 9.09. The summed E-state index contributed by atoms with van der Waals surface area (Å²) >= 11 is 0. The second-order valence-corrected chi connectivity index (χ2v) is 5.70. The van der Waals surface area contributed by atoms with E-state index in [4.69, 9.17) is 4.74 Å². The zero-order valence-electron chi connectivity index (χ0n) is 12.2. The number of carbonyl (C=O) groups excluding carboxylic acids is 1. The summed E-state index contributed by atoms with van der Waals surface area (Å²) in [5.74, 6) is 0.771. The molecule has 19 heavy (non-hydrogen) atoms. The van der Waals surface area contributed by atoms with Crippen LogP contribution in [0, 0.1) is 5.92 Å². The van der Waals surface area contributed by atoms with Crippen molar-refractivity contribution in [2.45, 2.75) is 58.1 Å².